The van der Waals surface area contributed by atoms with Crippen molar-refractivity contribution in [3.63, 3.8) is 0 Å². The van der Waals surface area contributed by atoms with Gasteiger partial charge in [-0.05, 0) is 77.6 Å². The second-order valence-electron chi connectivity index (χ2n) is 8.84. The Labute approximate surface area is 211 Å². The Balaban J connectivity index is 1.62. The third-order valence-corrected chi connectivity index (χ3v) is 6.57. The fourth-order valence-corrected chi connectivity index (χ4v) is 4.43. The van der Waals surface area contributed by atoms with E-state index in [1.54, 1.807) is 38.5 Å². The summed E-state index contributed by atoms with van der Waals surface area (Å²) in [4.78, 5) is 15.2. The zero-order valence-electron chi connectivity index (χ0n) is 20.5. The molecule has 1 atom stereocenters. The van der Waals surface area contributed by atoms with Gasteiger partial charge in [0, 0.05) is 17.3 Å². The van der Waals surface area contributed by atoms with E-state index in [0.29, 0.717) is 47.7 Å². The van der Waals surface area contributed by atoms with Crippen molar-refractivity contribution in [1.82, 2.24) is 4.90 Å². The molecule has 0 spiro atoms. The first-order valence-corrected chi connectivity index (χ1v) is 12.1. The number of hydrogen-bond donors (Lipinski definition) is 1. The number of benzene rings is 3. The SMILES string of the molecule is COc1cc2c(cc1OC)[C@@H](COc1ccc(C(C)C)cc1)N(C(=O)Nc1ccc(Cl)cc1)CC2. The molecule has 0 aliphatic carbocycles. The molecule has 0 saturated heterocycles. The minimum atomic E-state index is -0.310. The van der Waals surface area contributed by atoms with Crippen LogP contribution in [0.25, 0.3) is 0 Å². The molecule has 0 bridgehead atoms. The number of ether oxygens (including phenoxy) is 3. The predicted molar refractivity (Wildman–Crippen MR) is 139 cm³/mol. The lowest BCUT2D eigenvalue weighted by Crippen LogP contribution is -2.44. The van der Waals surface area contributed by atoms with E-state index in [0.717, 1.165) is 16.9 Å². The first kappa shape index (κ1) is 24.7. The fraction of sp³-hybridized carbons (Fsp3) is 0.321. The van der Waals surface area contributed by atoms with Crippen molar-refractivity contribution in [2.45, 2.75) is 32.2 Å². The lowest BCUT2D eigenvalue weighted by molar-refractivity contribution is 0.144. The van der Waals surface area contributed by atoms with Crippen LogP contribution < -0.4 is 19.5 Å². The van der Waals surface area contributed by atoms with Gasteiger partial charge in [0.1, 0.15) is 12.4 Å². The number of carbonyl (C=O) groups excluding carboxylic acids is 1. The van der Waals surface area contributed by atoms with Crippen molar-refractivity contribution < 1.29 is 19.0 Å². The number of methoxy groups -OCH3 is 2. The van der Waals surface area contributed by atoms with E-state index in [-0.39, 0.29) is 12.1 Å². The first-order valence-electron chi connectivity index (χ1n) is 11.7. The fourth-order valence-electron chi connectivity index (χ4n) is 4.30. The Kier molecular flexibility index (Phi) is 7.71. The first-order chi connectivity index (χ1) is 16.9. The number of anilines is 1. The molecule has 2 amide bonds. The van der Waals surface area contributed by atoms with Crippen molar-refractivity contribution in [3.8, 4) is 17.2 Å². The molecule has 6 nitrogen and oxygen atoms in total. The summed E-state index contributed by atoms with van der Waals surface area (Å²) in [5.74, 6) is 2.51. The molecule has 184 valence electrons. The number of rotatable bonds is 7. The molecular formula is C28H31ClN2O4. The molecule has 1 heterocycles. The van der Waals surface area contributed by atoms with Crippen LogP contribution >= 0.6 is 11.6 Å². The van der Waals surface area contributed by atoms with Crippen molar-refractivity contribution in [3.05, 3.63) is 82.4 Å². The number of amides is 2. The average molecular weight is 495 g/mol. The Bertz CT molecular complexity index is 1160. The quantitative estimate of drug-likeness (QED) is 0.397. The Morgan fingerprint density at radius 1 is 1.03 bits per heavy atom. The highest BCUT2D eigenvalue weighted by atomic mass is 35.5. The number of hydrogen-bond acceptors (Lipinski definition) is 4. The van der Waals surface area contributed by atoms with Gasteiger partial charge in [0.25, 0.3) is 0 Å². The summed E-state index contributed by atoms with van der Waals surface area (Å²) in [6.07, 6.45) is 0.698. The lowest BCUT2D eigenvalue weighted by Gasteiger charge is -2.37. The van der Waals surface area contributed by atoms with Crippen LogP contribution in [0.3, 0.4) is 0 Å². The van der Waals surface area contributed by atoms with Crippen molar-refractivity contribution in [1.29, 1.82) is 0 Å². The number of fused-ring (bicyclic) bond motifs is 1. The van der Waals surface area contributed by atoms with E-state index in [1.165, 1.54) is 5.56 Å². The molecule has 0 saturated carbocycles. The van der Waals surface area contributed by atoms with Crippen LogP contribution in [0, 0.1) is 0 Å². The molecule has 7 heteroatoms. The molecule has 1 aliphatic heterocycles. The molecule has 1 N–H and O–H groups in total. The lowest BCUT2D eigenvalue weighted by atomic mass is 9.92. The van der Waals surface area contributed by atoms with Gasteiger partial charge in [-0.15, -0.1) is 0 Å². The molecule has 0 radical (unpaired) electrons. The van der Waals surface area contributed by atoms with Crippen LogP contribution in [0.5, 0.6) is 17.2 Å². The smallest absolute Gasteiger partial charge is 0.322 e. The van der Waals surface area contributed by atoms with Gasteiger partial charge >= 0.3 is 6.03 Å². The topological polar surface area (TPSA) is 60.0 Å². The van der Waals surface area contributed by atoms with Crippen molar-refractivity contribution in [2.24, 2.45) is 0 Å². The van der Waals surface area contributed by atoms with Crippen LogP contribution in [-0.4, -0.2) is 38.3 Å². The summed E-state index contributed by atoms with van der Waals surface area (Å²) in [6, 6.07) is 18.6. The van der Waals surface area contributed by atoms with Gasteiger partial charge in [-0.2, -0.15) is 0 Å². The Morgan fingerprint density at radius 2 is 1.69 bits per heavy atom. The van der Waals surface area contributed by atoms with Crippen molar-refractivity contribution >= 4 is 23.3 Å². The van der Waals surface area contributed by atoms with E-state index >= 15 is 0 Å². The maximum atomic E-state index is 13.4. The molecule has 35 heavy (non-hydrogen) atoms. The third kappa shape index (κ3) is 5.65. The minimum absolute atomic E-state index is 0.198. The van der Waals surface area contributed by atoms with Crippen LogP contribution in [0.15, 0.2) is 60.7 Å². The van der Waals surface area contributed by atoms with E-state index in [1.807, 2.05) is 29.2 Å². The summed E-state index contributed by atoms with van der Waals surface area (Å²) < 4.78 is 17.3. The molecular weight excluding hydrogens is 464 g/mol. The average Bonchev–Trinajstić information content (AvgIpc) is 2.87. The molecule has 4 rings (SSSR count). The Morgan fingerprint density at radius 3 is 2.31 bits per heavy atom. The molecule has 3 aromatic carbocycles. The summed E-state index contributed by atoms with van der Waals surface area (Å²) in [6.45, 7) is 5.17. The van der Waals surface area contributed by atoms with Gasteiger partial charge in [0.2, 0.25) is 0 Å². The van der Waals surface area contributed by atoms with Crippen LogP contribution in [-0.2, 0) is 6.42 Å². The van der Waals surface area contributed by atoms with Gasteiger partial charge in [-0.25, -0.2) is 4.79 Å². The number of carbonyl (C=O) groups is 1. The molecule has 0 fully saturated rings. The number of nitrogens with zero attached hydrogens (tertiary/aromatic N) is 1. The Hall–Kier alpha value is -3.38. The van der Waals surface area contributed by atoms with Crippen LogP contribution in [0.4, 0.5) is 10.5 Å². The number of nitrogens with one attached hydrogen (secondary N) is 1. The highest BCUT2D eigenvalue weighted by Crippen LogP contribution is 2.38. The van der Waals surface area contributed by atoms with Gasteiger partial charge in [-0.1, -0.05) is 37.6 Å². The second-order valence-corrected chi connectivity index (χ2v) is 9.27. The maximum Gasteiger partial charge on any atom is 0.322 e. The van der Waals surface area contributed by atoms with Gasteiger partial charge < -0.3 is 24.4 Å². The van der Waals surface area contributed by atoms with Crippen LogP contribution in [0.2, 0.25) is 5.02 Å². The predicted octanol–water partition coefficient (Wildman–Crippen LogP) is 6.69. The molecule has 0 unspecified atom stereocenters. The van der Waals surface area contributed by atoms with Crippen LogP contribution in [0.1, 0.15) is 42.5 Å². The summed E-state index contributed by atoms with van der Waals surface area (Å²) in [5, 5.41) is 3.60. The highest BCUT2D eigenvalue weighted by Gasteiger charge is 2.33. The van der Waals surface area contributed by atoms with E-state index in [9.17, 15) is 4.79 Å². The zero-order valence-corrected chi connectivity index (χ0v) is 21.3. The van der Waals surface area contributed by atoms with E-state index < -0.39 is 0 Å². The highest BCUT2D eigenvalue weighted by molar-refractivity contribution is 6.30. The van der Waals surface area contributed by atoms with Gasteiger partial charge in [0.15, 0.2) is 11.5 Å². The third-order valence-electron chi connectivity index (χ3n) is 6.31. The molecule has 1 aliphatic rings. The summed E-state index contributed by atoms with van der Waals surface area (Å²) in [7, 11) is 3.24. The van der Waals surface area contributed by atoms with E-state index in [2.05, 4.69) is 31.3 Å². The van der Waals surface area contributed by atoms with Crippen molar-refractivity contribution in [2.75, 3.05) is 32.7 Å². The largest absolute Gasteiger partial charge is 0.493 e. The van der Waals surface area contributed by atoms with Gasteiger partial charge in [-0.3, -0.25) is 0 Å². The molecule has 3 aromatic rings. The number of halogens is 1. The standard InChI is InChI=1S/C28H31ClN2O4/c1-18(2)19-5-11-23(12-6-19)35-17-25-24-16-27(34-4)26(33-3)15-20(24)13-14-31(25)28(32)30-22-9-7-21(29)8-10-22/h5-12,15-16,18,25H,13-14,17H2,1-4H3,(H,30,32)/t25-/m1/s1. The summed E-state index contributed by atoms with van der Waals surface area (Å²) in [5.41, 5.74) is 4.03. The second kappa shape index (κ2) is 10.9. The monoisotopic (exact) mass is 494 g/mol. The number of urea groups is 1. The zero-order chi connectivity index (χ0) is 24.9. The van der Waals surface area contributed by atoms with E-state index in [4.69, 9.17) is 25.8 Å². The summed E-state index contributed by atoms with van der Waals surface area (Å²) >= 11 is 5.99. The normalized spacial score (nSPS) is 14.9. The molecule has 0 aromatic heterocycles. The van der Waals surface area contributed by atoms with Gasteiger partial charge in [0.05, 0.1) is 20.3 Å². The minimum Gasteiger partial charge on any atom is -0.493 e. The maximum absolute atomic E-state index is 13.4.